The van der Waals surface area contributed by atoms with Crippen molar-refractivity contribution in [3.8, 4) is 0 Å². The third kappa shape index (κ3) is 6.16. The Balaban J connectivity index is 1.81. The monoisotopic (exact) mass is 264 g/mol. The van der Waals surface area contributed by atoms with E-state index in [0.717, 1.165) is 59.2 Å². The summed E-state index contributed by atoms with van der Waals surface area (Å²) in [6, 6.07) is 10.6. The summed E-state index contributed by atoms with van der Waals surface area (Å²) >= 11 is 0. The molecule has 0 aliphatic carbocycles. The van der Waals surface area contributed by atoms with Crippen LogP contribution in [0.15, 0.2) is 30.3 Å². The van der Waals surface area contributed by atoms with E-state index in [1.54, 1.807) is 0 Å². The highest BCUT2D eigenvalue weighted by molar-refractivity contribution is 5.14. The van der Waals surface area contributed by atoms with Gasteiger partial charge in [-0.3, -0.25) is 4.90 Å². The zero-order valence-corrected chi connectivity index (χ0v) is 11.5. The zero-order chi connectivity index (χ0) is 13.2. The maximum atomic E-state index is 5.63. The molecule has 0 amide bonds. The van der Waals surface area contributed by atoms with Crippen molar-refractivity contribution in [3.05, 3.63) is 35.9 Å². The van der Waals surface area contributed by atoms with Crippen LogP contribution in [0.2, 0.25) is 0 Å². The summed E-state index contributed by atoms with van der Waals surface area (Å²) in [7, 11) is 0. The molecule has 106 valence electrons. The molecule has 0 spiro atoms. The topological polar surface area (TPSA) is 33.7 Å². The number of rotatable bonds is 2. The van der Waals surface area contributed by atoms with Gasteiger partial charge < -0.3 is 14.8 Å². The first-order valence-corrected chi connectivity index (χ1v) is 7.07. The Hall–Kier alpha value is -0.940. The molecule has 4 nitrogen and oxygen atoms in total. The van der Waals surface area contributed by atoms with E-state index in [4.69, 9.17) is 9.47 Å². The van der Waals surface area contributed by atoms with E-state index in [0.29, 0.717) is 0 Å². The molecule has 0 radical (unpaired) electrons. The van der Waals surface area contributed by atoms with Crippen LogP contribution < -0.4 is 5.32 Å². The van der Waals surface area contributed by atoms with Gasteiger partial charge in [0, 0.05) is 32.7 Å². The van der Waals surface area contributed by atoms with Gasteiger partial charge >= 0.3 is 0 Å². The molecule has 0 unspecified atom stereocenters. The minimum atomic E-state index is 0.777. The number of benzene rings is 1. The minimum Gasteiger partial charge on any atom is -0.379 e. The van der Waals surface area contributed by atoms with Crippen LogP contribution in [0.1, 0.15) is 5.56 Å². The number of hydrogen-bond acceptors (Lipinski definition) is 4. The van der Waals surface area contributed by atoms with Crippen molar-refractivity contribution in [1.29, 1.82) is 0 Å². The predicted molar refractivity (Wildman–Crippen MR) is 76.2 cm³/mol. The van der Waals surface area contributed by atoms with Gasteiger partial charge in [-0.2, -0.15) is 0 Å². The van der Waals surface area contributed by atoms with Crippen LogP contribution in [0.3, 0.4) is 0 Å². The Kier molecular flexibility index (Phi) is 6.89. The van der Waals surface area contributed by atoms with E-state index >= 15 is 0 Å². The molecule has 1 aromatic rings. The second-order valence-corrected chi connectivity index (χ2v) is 4.74. The van der Waals surface area contributed by atoms with E-state index < -0.39 is 0 Å². The van der Waals surface area contributed by atoms with Gasteiger partial charge in [-0.1, -0.05) is 30.3 Å². The Morgan fingerprint density at radius 2 is 1.53 bits per heavy atom. The van der Waals surface area contributed by atoms with Crippen LogP contribution in [-0.2, 0) is 16.0 Å². The fourth-order valence-corrected chi connectivity index (χ4v) is 2.12. The lowest BCUT2D eigenvalue weighted by atomic mass is 10.2. The molecule has 1 aliphatic rings. The van der Waals surface area contributed by atoms with E-state index in [1.807, 2.05) is 0 Å². The van der Waals surface area contributed by atoms with Crippen LogP contribution in [0.5, 0.6) is 0 Å². The summed E-state index contributed by atoms with van der Waals surface area (Å²) in [5.74, 6) is 0. The fraction of sp³-hybridized carbons (Fsp3) is 0.600. The predicted octanol–water partition coefficient (Wildman–Crippen LogP) is 1.12. The van der Waals surface area contributed by atoms with Crippen molar-refractivity contribution < 1.29 is 9.47 Å². The molecule has 4 heteroatoms. The molecule has 2 rings (SSSR count). The number of hydrogen-bond donors (Lipinski definition) is 1. The van der Waals surface area contributed by atoms with Crippen LogP contribution in [-0.4, -0.2) is 57.5 Å². The lowest BCUT2D eigenvalue weighted by molar-refractivity contribution is 0.0639. The van der Waals surface area contributed by atoms with Crippen molar-refractivity contribution in [3.63, 3.8) is 0 Å². The van der Waals surface area contributed by atoms with Crippen LogP contribution in [0.4, 0.5) is 0 Å². The van der Waals surface area contributed by atoms with E-state index in [9.17, 15) is 0 Å². The van der Waals surface area contributed by atoms with Gasteiger partial charge in [-0.05, 0) is 5.56 Å². The fourth-order valence-electron chi connectivity index (χ4n) is 2.12. The minimum absolute atomic E-state index is 0.777. The molecule has 0 aromatic heterocycles. The second kappa shape index (κ2) is 9.04. The Morgan fingerprint density at radius 3 is 2.16 bits per heavy atom. The third-order valence-electron chi connectivity index (χ3n) is 3.20. The molecular formula is C15H24N2O2. The summed E-state index contributed by atoms with van der Waals surface area (Å²) in [5.41, 5.74) is 1.34. The lowest BCUT2D eigenvalue weighted by Crippen LogP contribution is -2.33. The van der Waals surface area contributed by atoms with E-state index in [-0.39, 0.29) is 0 Å². The van der Waals surface area contributed by atoms with E-state index in [1.165, 1.54) is 5.56 Å². The van der Waals surface area contributed by atoms with Gasteiger partial charge in [0.25, 0.3) is 0 Å². The average Bonchev–Trinajstić information content (AvgIpc) is 2.43. The molecule has 0 bridgehead atoms. The molecule has 0 atom stereocenters. The van der Waals surface area contributed by atoms with Crippen LogP contribution in [0.25, 0.3) is 0 Å². The lowest BCUT2D eigenvalue weighted by Gasteiger charge is -2.23. The SMILES string of the molecule is c1ccc(CN2CCOCCNCCOCC2)cc1. The highest BCUT2D eigenvalue weighted by Gasteiger charge is 2.06. The maximum absolute atomic E-state index is 5.63. The largest absolute Gasteiger partial charge is 0.379 e. The number of ether oxygens (including phenoxy) is 2. The third-order valence-corrected chi connectivity index (χ3v) is 3.20. The molecule has 1 fully saturated rings. The quantitative estimate of drug-likeness (QED) is 0.868. The smallest absolute Gasteiger partial charge is 0.0594 e. The van der Waals surface area contributed by atoms with Gasteiger partial charge in [-0.15, -0.1) is 0 Å². The molecule has 1 N–H and O–H groups in total. The highest BCUT2D eigenvalue weighted by Crippen LogP contribution is 2.04. The molecular weight excluding hydrogens is 240 g/mol. The highest BCUT2D eigenvalue weighted by atomic mass is 16.5. The van der Waals surface area contributed by atoms with Crippen LogP contribution >= 0.6 is 0 Å². The van der Waals surface area contributed by atoms with Crippen LogP contribution in [0, 0.1) is 0 Å². The normalized spacial score (nSPS) is 20.4. The number of nitrogens with one attached hydrogen (secondary N) is 1. The molecule has 19 heavy (non-hydrogen) atoms. The van der Waals surface area contributed by atoms with Gasteiger partial charge in [0.05, 0.1) is 26.4 Å². The summed E-state index contributed by atoms with van der Waals surface area (Å²) in [5, 5.41) is 3.29. The maximum Gasteiger partial charge on any atom is 0.0594 e. The van der Waals surface area contributed by atoms with Gasteiger partial charge in [0.2, 0.25) is 0 Å². The van der Waals surface area contributed by atoms with Crippen molar-refractivity contribution in [2.75, 3.05) is 52.6 Å². The second-order valence-electron chi connectivity index (χ2n) is 4.74. The molecule has 1 aliphatic heterocycles. The number of nitrogens with zero attached hydrogens (tertiary/aromatic N) is 1. The molecule has 0 saturated carbocycles. The molecule has 1 saturated heterocycles. The summed E-state index contributed by atoms with van der Waals surface area (Å²) < 4.78 is 11.3. The van der Waals surface area contributed by atoms with Crippen molar-refractivity contribution in [2.24, 2.45) is 0 Å². The van der Waals surface area contributed by atoms with E-state index in [2.05, 4.69) is 40.5 Å². The van der Waals surface area contributed by atoms with Gasteiger partial charge in [0.15, 0.2) is 0 Å². The Morgan fingerprint density at radius 1 is 0.895 bits per heavy atom. The van der Waals surface area contributed by atoms with Crippen molar-refractivity contribution >= 4 is 0 Å². The average molecular weight is 264 g/mol. The molecule has 1 heterocycles. The van der Waals surface area contributed by atoms with Gasteiger partial charge in [0.1, 0.15) is 0 Å². The first-order chi connectivity index (χ1) is 9.45. The summed E-state index contributed by atoms with van der Waals surface area (Å²) in [6.45, 7) is 7.81. The first kappa shape index (κ1) is 14.5. The first-order valence-electron chi connectivity index (χ1n) is 7.07. The summed E-state index contributed by atoms with van der Waals surface area (Å²) in [6.07, 6.45) is 0. The van der Waals surface area contributed by atoms with Crippen molar-refractivity contribution in [1.82, 2.24) is 10.2 Å². The van der Waals surface area contributed by atoms with Gasteiger partial charge in [-0.25, -0.2) is 0 Å². The summed E-state index contributed by atoms with van der Waals surface area (Å²) in [4.78, 5) is 2.39. The zero-order valence-electron chi connectivity index (χ0n) is 11.5. The standard InChI is InChI=1S/C15H24N2O2/c1-2-4-15(5-3-1)14-17-8-12-18-10-6-16-7-11-19-13-9-17/h1-5,16H,6-14H2. The Labute approximate surface area is 115 Å². The Bertz CT molecular complexity index is 320. The molecule has 1 aromatic carbocycles. The van der Waals surface area contributed by atoms with Crippen molar-refractivity contribution in [2.45, 2.75) is 6.54 Å².